The zero-order valence-electron chi connectivity index (χ0n) is 50.5. The highest BCUT2D eigenvalue weighted by molar-refractivity contribution is 6.12. The van der Waals surface area contributed by atoms with E-state index in [-0.39, 0.29) is 5.41 Å². The fourth-order valence-electron chi connectivity index (χ4n) is 15.0. The Morgan fingerprint density at radius 2 is 0.516 bits per heavy atom. The summed E-state index contributed by atoms with van der Waals surface area (Å²) in [5, 5.41) is 7.55. The number of aromatic nitrogens is 3. The highest BCUT2D eigenvalue weighted by atomic mass is 15.1. The van der Waals surface area contributed by atoms with Crippen LogP contribution in [0, 0.1) is 0 Å². The van der Waals surface area contributed by atoms with Crippen LogP contribution in [-0.4, -0.2) is 13.7 Å². The predicted molar refractivity (Wildman–Crippen MR) is 383 cm³/mol. The lowest BCUT2D eigenvalue weighted by Gasteiger charge is -2.28. The van der Waals surface area contributed by atoms with Crippen molar-refractivity contribution in [2.75, 3.05) is 4.90 Å². The van der Waals surface area contributed by atoms with Gasteiger partial charge in [-0.25, -0.2) is 0 Å². The number of hydrogen-bond donors (Lipinski definition) is 0. The Kier molecular flexibility index (Phi) is 11.9. The molecule has 0 amide bonds. The number of fused-ring (bicyclic) bond motifs is 12. The molecule has 0 atom stereocenters. The maximum atomic E-state index is 2.45. The van der Waals surface area contributed by atoms with E-state index in [1.165, 1.54) is 149 Å². The SMILES string of the molecule is CC1(C)c2cc(N(c3ccc(-c4ccc(-c5ccc6c(c5)c5ccccc5n6-c5ccccc5)cc4)cc3)c3ccc(-c4ccc(-c5ccc6c(c5)c5ccccc5n6-c5ccccc5)cc4)cc3)ccc2-c2ccc(-n3c4ccccc4c4ccccc43)cc21. The first-order chi connectivity index (χ1) is 44.9. The first kappa shape index (κ1) is 52.4. The lowest BCUT2D eigenvalue weighted by Crippen LogP contribution is -2.17. The van der Waals surface area contributed by atoms with Crippen LogP contribution in [0.2, 0.25) is 0 Å². The predicted octanol–water partition coefficient (Wildman–Crippen LogP) is 23.4. The standard InChI is InChI=1S/C87H60N4/c1-87(2)79-55-69(47-49-71(79)72-50-48-70(56-80(72)87)91-81-25-13-9-21-73(81)74-22-10-14-26-82(74)91)88(67-43-37-59(38-44-67)57-29-33-61(34-30-57)63-41-51-85-77(53-63)75-23-11-15-27-83(75)89(85)65-17-5-3-6-18-65)68-45-39-60(40-46-68)58-31-35-62(36-32-58)64-42-52-86-78(54-64)76-24-12-16-28-84(76)90(86)66-19-7-4-8-20-66/h3-56H,1-2H3. The molecule has 0 bridgehead atoms. The van der Waals surface area contributed by atoms with Crippen molar-refractivity contribution in [3.05, 3.63) is 339 Å². The van der Waals surface area contributed by atoms with Gasteiger partial charge in [0.2, 0.25) is 0 Å². The van der Waals surface area contributed by atoms with Crippen molar-refractivity contribution in [2.45, 2.75) is 19.3 Å². The third kappa shape index (κ3) is 8.44. The minimum absolute atomic E-state index is 0.271. The second-order valence-electron chi connectivity index (χ2n) is 24.9. The molecule has 0 unspecified atom stereocenters. The summed E-state index contributed by atoms with van der Waals surface area (Å²) in [4.78, 5) is 2.43. The molecule has 14 aromatic carbocycles. The molecule has 1 aliphatic carbocycles. The van der Waals surface area contributed by atoms with E-state index in [1.807, 2.05) is 0 Å². The van der Waals surface area contributed by atoms with Crippen LogP contribution in [0.25, 0.3) is 138 Å². The van der Waals surface area contributed by atoms with Crippen molar-refractivity contribution < 1.29 is 0 Å². The summed E-state index contributed by atoms with van der Waals surface area (Å²) >= 11 is 0. The molecule has 18 rings (SSSR count). The van der Waals surface area contributed by atoms with Crippen molar-refractivity contribution in [3.63, 3.8) is 0 Å². The molecule has 91 heavy (non-hydrogen) atoms. The topological polar surface area (TPSA) is 18.0 Å². The summed E-state index contributed by atoms with van der Waals surface area (Å²) in [7, 11) is 0. The van der Waals surface area contributed by atoms with Crippen molar-refractivity contribution in [1.29, 1.82) is 0 Å². The molecule has 4 heteroatoms. The molecule has 0 saturated carbocycles. The summed E-state index contributed by atoms with van der Waals surface area (Å²) in [5.74, 6) is 0. The van der Waals surface area contributed by atoms with Gasteiger partial charge in [0.05, 0.1) is 33.1 Å². The van der Waals surface area contributed by atoms with Crippen LogP contribution in [0.15, 0.2) is 328 Å². The Labute approximate surface area is 528 Å². The molecule has 0 fully saturated rings. The molecule has 3 heterocycles. The van der Waals surface area contributed by atoms with Crippen LogP contribution in [0.5, 0.6) is 0 Å². The van der Waals surface area contributed by atoms with E-state index in [0.717, 1.165) is 17.1 Å². The van der Waals surface area contributed by atoms with Crippen molar-refractivity contribution >= 4 is 82.5 Å². The number of hydrogen-bond acceptors (Lipinski definition) is 1. The van der Waals surface area contributed by atoms with Crippen LogP contribution < -0.4 is 4.90 Å². The fourth-order valence-corrected chi connectivity index (χ4v) is 15.0. The van der Waals surface area contributed by atoms with Crippen LogP contribution in [0.4, 0.5) is 17.1 Å². The van der Waals surface area contributed by atoms with Gasteiger partial charge in [-0.2, -0.15) is 0 Å². The molecule has 0 aliphatic heterocycles. The fraction of sp³-hybridized carbons (Fsp3) is 0.0345. The van der Waals surface area contributed by atoms with Gasteiger partial charge in [0.25, 0.3) is 0 Å². The van der Waals surface area contributed by atoms with Crippen LogP contribution >= 0.6 is 0 Å². The van der Waals surface area contributed by atoms with Crippen LogP contribution in [0.1, 0.15) is 25.0 Å². The van der Waals surface area contributed by atoms with E-state index >= 15 is 0 Å². The van der Waals surface area contributed by atoms with E-state index in [4.69, 9.17) is 0 Å². The normalized spacial score (nSPS) is 12.6. The second kappa shape index (κ2) is 20.7. The smallest absolute Gasteiger partial charge is 0.0541 e. The molecule has 0 spiro atoms. The Morgan fingerprint density at radius 3 is 0.934 bits per heavy atom. The molecule has 0 N–H and O–H groups in total. The van der Waals surface area contributed by atoms with E-state index in [9.17, 15) is 0 Å². The number of rotatable bonds is 10. The molecule has 3 aromatic heterocycles. The van der Waals surface area contributed by atoms with Crippen LogP contribution in [-0.2, 0) is 5.41 Å². The molecule has 0 saturated heterocycles. The van der Waals surface area contributed by atoms with Gasteiger partial charge in [0, 0.05) is 71.9 Å². The van der Waals surface area contributed by atoms with Gasteiger partial charge in [0.1, 0.15) is 0 Å². The van der Waals surface area contributed by atoms with Crippen LogP contribution in [0.3, 0.4) is 0 Å². The minimum Gasteiger partial charge on any atom is -0.310 e. The van der Waals surface area contributed by atoms with Gasteiger partial charge < -0.3 is 18.6 Å². The Bertz CT molecular complexity index is 5390. The molecular weight excluding hydrogens is 1100 g/mol. The summed E-state index contributed by atoms with van der Waals surface area (Å²) < 4.78 is 7.19. The van der Waals surface area contributed by atoms with Gasteiger partial charge in [0.15, 0.2) is 0 Å². The monoisotopic (exact) mass is 1160 g/mol. The first-order valence-corrected chi connectivity index (χ1v) is 31.6. The van der Waals surface area contributed by atoms with Gasteiger partial charge in [-0.3, -0.25) is 0 Å². The quantitative estimate of drug-likeness (QED) is 0.133. The molecule has 0 radical (unpaired) electrons. The van der Waals surface area contributed by atoms with E-state index < -0.39 is 0 Å². The lowest BCUT2D eigenvalue weighted by atomic mass is 9.82. The summed E-state index contributed by atoms with van der Waals surface area (Å²) in [5.41, 5.74) is 28.5. The van der Waals surface area contributed by atoms with Crippen molar-refractivity contribution in [1.82, 2.24) is 13.7 Å². The molecule has 4 nitrogen and oxygen atoms in total. The number of anilines is 3. The van der Waals surface area contributed by atoms with Crippen molar-refractivity contribution in [2.24, 2.45) is 0 Å². The Hall–Kier alpha value is -11.7. The maximum absolute atomic E-state index is 2.45. The molecule has 1 aliphatic rings. The number of benzene rings is 14. The highest BCUT2D eigenvalue weighted by Crippen LogP contribution is 2.52. The molecule has 17 aromatic rings. The van der Waals surface area contributed by atoms with E-state index in [0.29, 0.717) is 0 Å². The Morgan fingerprint density at radius 1 is 0.220 bits per heavy atom. The average molecular weight is 1160 g/mol. The maximum Gasteiger partial charge on any atom is 0.0541 e. The first-order valence-electron chi connectivity index (χ1n) is 31.6. The van der Waals surface area contributed by atoms with E-state index in [2.05, 4.69) is 360 Å². The number of nitrogens with zero attached hydrogens (tertiary/aromatic N) is 4. The van der Waals surface area contributed by atoms with Gasteiger partial charge >= 0.3 is 0 Å². The lowest BCUT2D eigenvalue weighted by molar-refractivity contribution is 0.660. The molecule has 428 valence electrons. The minimum atomic E-state index is -0.271. The summed E-state index contributed by atoms with van der Waals surface area (Å²) in [6, 6.07) is 121. The zero-order valence-corrected chi connectivity index (χ0v) is 50.5. The third-order valence-electron chi connectivity index (χ3n) is 19.5. The average Bonchev–Trinajstić information content (AvgIpc) is 1.60. The zero-order chi connectivity index (χ0) is 60.3. The van der Waals surface area contributed by atoms with Gasteiger partial charge in [-0.15, -0.1) is 0 Å². The number of para-hydroxylation sites is 6. The van der Waals surface area contributed by atoms with Gasteiger partial charge in [-0.1, -0.05) is 220 Å². The Balaban J connectivity index is 0.682. The largest absolute Gasteiger partial charge is 0.310 e. The third-order valence-corrected chi connectivity index (χ3v) is 19.5. The van der Waals surface area contributed by atoms with E-state index in [1.54, 1.807) is 0 Å². The summed E-state index contributed by atoms with van der Waals surface area (Å²) in [6.45, 7) is 4.79. The summed E-state index contributed by atoms with van der Waals surface area (Å²) in [6.07, 6.45) is 0. The van der Waals surface area contributed by atoms with Gasteiger partial charge in [-0.05, 0) is 188 Å². The molecular formula is C87H60N4. The second-order valence-corrected chi connectivity index (χ2v) is 24.9. The highest BCUT2D eigenvalue weighted by Gasteiger charge is 2.37. The van der Waals surface area contributed by atoms with Crippen molar-refractivity contribution in [3.8, 4) is 72.7 Å².